The van der Waals surface area contributed by atoms with E-state index >= 15 is 0 Å². The van der Waals surface area contributed by atoms with E-state index in [1.165, 1.54) is 17.3 Å². The molecule has 0 unspecified atom stereocenters. The average Bonchev–Trinajstić information content (AvgIpc) is 3.53. The van der Waals surface area contributed by atoms with Crippen LogP contribution in [0.1, 0.15) is 44.6 Å². The van der Waals surface area contributed by atoms with Crippen molar-refractivity contribution in [1.82, 2.24) is 20.2 Å². The predicted molar refractivity (Wildman–Crippen MR) is 150 cm³/mol. The number of thioether (sulfide) groups is 1. The molecule has 0 fully saturated rings. The molecule has 0 spiro atoms. The van der Waals surface area contributed by atoms with Crippen LogP contribution in [0.25, 0.3) is 23.2 Å². The van der Waals surface area contributed by atoms with Crippen LogP contribution in [0.3, 0.4) is 0 Å². The van der Waals surface area contributed by atoms with Crippen molar-refractivity contribution in [1.29, 1.82) is 0 Å². The molecule has 4 rings (SSSR count). The van der Waals surface area contributed by atoms with Crippen LogP contribution < -0.4 is 5.43 Å². The summed E-state index contributed by atoms with van der Waals surface area (Å²) in [6.45, 7) is 10.5. The largest absolute Gasteiger partial charge is 0.465 e. The normalized spacial score (nSPS) is 12.3. The van der Waals surface area contributed by atoms with Crippen molar-refractivity contribution in [2.45, 2.75) is 45.2 Å². The van der Waals surface area contributed by atoms with E-state index in [2.05, 4.69) is 77.9 Å². The molecule has 0 saturated carbocycles. The van der Waals surface area contributed by atoms with Crippen LogP contribution in [0.4, 0.5) is 0 Å². The lowest BCUT2D eigenvalue weighted by Gasteiger charge is -2.19. The maximum Gasteiger partial charge on any atom is 0.250 e. The van der Waals surface area contributed by atoms with Gasteiger partial charge in [-0.1, -0.05) is 74.5 Å². The number of hydrogen-bond acceptors (Lipinski definition) is 6. The van der Waals surface area contributed by atoms with E-state index in [9.17, 15) is 4.79 Å². The fourth-order valence-electron chi connectivity index (χ4n) is 3.60. The zero-order valence-electron chi connectivity index (χ0n) is 21.7. The second-order valence-electron chi connectivity index (χ2n) is 9.79. The summed E-state index contributed by atoms with van der Waals surface area (Å²) >= 11 is 1.31. The molecule has 7 nitrogen and oxygen atoms in total. The highest BCUT2D eigenvalue weighted by atomic mass is 32.2. The van der Waals surface area contributed by atoms with E-state index in [0.717, 1.165) is 34.0 Å². The third-order valence-electron chi connectivity index (χ3n) is 5.64. The fraction of sp³-hybridized carbons (Fsp3) is 0.241. The standard InChI is InChI=1S/C29H31N5O2S/c1-20-8-14-24(15-9-20)34-27(22-10-12-23(13-11-22)29(3,4)5)32-33-28(34)37-19-26(35)31-30-18-21(2)17-25-7-6-16-36-25/h6-18H,19H2,1-5H3,(H,31,35)/b21-17+,30-18-. The van der Waals surface area contributed by atoms with Gasteiger partial charge in [0.15, 0.2) is 11.0 Å². The molecule has 1 N–H and O–H groups in total. The first-order valence-electron chi connectivity index (χ1n) is 12.0. The van der Waals surface area contributed by atoms with Crippen LogP contribution in [-0.4, -0.2) is 32.6 Å². The predicted octanol–water partition coefficient (Wildman–Crippen LogP) is 6.43. The summed E-state index contributed by atoms with van der Waals surface area (Å²) in [7, 11) is 0. The first kappa shape index (κ1) is 26.2. The Labute approximate surface area is 221 Å². The molecule has 2 aromatic heterocycles. The number of carbonyl (C=O) groups is 1. The molecule has 2 aromatic carbocycles. The van der Waals surface area contributed by atoms with E-state index in [1.807, 2.05) is 48.8 Å². The molecule has 8 heteroatoms. The minimum Gasteiger partial charge on any atom is -0.465 e. The molecule has 0 saturated heterocycles. The van der Waals surface area contributed by atoms with Gasteiger partial charge in [0.05, 0.1) is 18.2 Å². The second kappa shape index (κ2) is 11.4. The first-order valence-corrected chi connectivity index (χ1v) is 13.0. The zero-order chi connectivity index (χ0) is 26.4. The molecule has 0 radical (unpaired) electrons. The summed E-state index contributed by atoms with van der Waals surface area (Å²) < 4.78 is 7.27. The van der Waals surface area contributed by atoms with Crippen LogP contribution in [0.2, 0.25) is 0 Å². The highest BCUT2D eigenvalue weighted by molar-refractivity contribution is 7.99. The fourth-order valence-corrected chi connectivity index (χ4v) is 4.34. The summed E-state index contributed by atoms with van der Waals surface area (Å²) in [5.41, 5.74) is 7.79. The molecule has 0 aliphatic heterocycles. The highest BCUT2D eigenvalue weighted by Gasteiger charge is 2.19. The van der Waals surface area contributed by atoms with E-state index in [0.29, 0.717) is 5.16 Å². The smallest absolute Gasteiger partial charge is 0.250 e. The molecule has 0 aliphatic carbocycles. The number of allylic oxidation sites excluding steroid dienone is 1. The van der Waals surface area contributed by atoms with Crippen LogP contribution in [-0.2, 0) is 10.2 Å². The summed E-state index contributed by atoms with van der Waals surface area (Å²) in [5, 5.41) is 13.6. The lowest BCUT2D eigenvalue weighted by Crippen LogP contribution is -2.20. The van der Waals surface area contributed by atoms with Gasteiger partial charge in [0, 0.05) is 11.3 Å². The third-order valence-corrected chi connectivity index (χ3v) is 6.57. The molecule has 1 amide bonds. The molecule has 4 aromatic rings. The average molecular weight is 514 g/mol. The van der Waals surface area contributed by atoms with Crippen molar-refractivity contribution >= 4 is 30.0 Å². The monoisotopic (exact) mass is 513 g/mol. The minimum atomic E-state index is -0.235. The molecular formula is C29H31N5O2S. The lowest BCUT2D eigenvalue weighted by atomic mass is 9.87. The molecule has 0 atom stereocenters. The Morgan fingerprint density at radius 3 is 2.46 bits per heavy atom. The van der Waals surface area contributed by atoms with Crippen molar-refractivity contribution in [2.24, 2.45) is 5.10 Å². The van der Waals surface area contributed by atoms with Gasteiger partial charge in [-0.15, -0.1) is 10.2 Å². The van der Waals surface area contributed by atoms with E-state index in [4.69, 9.17) is 4.42 Å². The number of furan rings is 1. The number of nitrogens with zero attached hydrogens (tertiary/aromatic N) is 4. The Bertz CT molecular complexity index is 1390. The van der Waals surface area contributed by atoms with Gasteiger partial charge in [-0.25, -0.2) is 5.43 Å². The summed E-state index contributed by atoms with van der Waals surface area (Å²) in [5.74, 6) is 1.36. The van der Waals surface area contributed by atoms with E-state index in [-0.39, 0.29) is 17.1 Å². The Morgan fingerprint density at radius 2 is 1.81 bits per heavy atom. The number of aryl methyl sites for hydroxylation is 1. The Kier molecular flexibility index (Phi) is 8.08. The number of hydrazone groups is 1. The SMILES string of the molecule is CC(/C=N\NC(=O)CSc1nnc(-c2ccc(C(C)(C)C)cc2)n1-c1ccc(C)cc1)=C\c1ccco1. The maximum absolute atomic E-state index is 12.5. The molecule has 190 valence electrons. The Hall–Kier alpha value is -3.91. The topological polar surface area (TPSA) is 85.3 Å². The van der Waals surface area contributed by atoms with Crippen LogP contribution in [0.5, 0.6) is 0 Å². The summed E-state index contributed by atoms with van der Waals surface area (Å²) in [4.78, 5) is 12.5. The van der Waals surface area contributed by atoms with Crippen molar-refractivity contribution in [2.75, 3.05) is 5.75 Å². The van der Waals surface area contributed by atoms with Gasteiger partial charge in [-0.05, 0) is 60.7 Å². The number of aromatic nitrogens is 3. The Balaban J connectivity index is 1.51. The summed E-state index contributed by atoms with van der Waals surface area (Å²) in [6, 6.07) is 20.2. The van der Waals surface area contributed by atoms with Gasteiger partial charge in [0.2, 0.25) is 0 Å². The van der Waals surface area contributed by atoms with Crippen LogP contribution in [0, 0.1) is 6.92 Å². The van der Waals surface area contributed by atoms with Crippen LogP contribution in [0.15, 0.2) is 87.2 Å². The Morgan fingerprint density at radius 1 is 1.08 bits per heavy atom. The molecule has 0 bridgehead atoms. The first-order chi connectivity index (χ1) is 17.7. The van der Waals surface area contributed by atoms with Gasteiger partial charge in [0.25, 0.3) is 5.91 Å². The highest BCUT2D eigenvalue weighted by Crippen LogP contribution is 2.30. The molecular weight excluding hydrogens is 482 g/mol. The molecule has 37 heavy (non-hydrogen) atoms. The van der Waals surface area contributed by atoms with Gasteiger partial charge >= 0.3 is 0 Å². The maximum atomic E-state index is 12.5. The zero-order valence-corrected chi connectivity index (χ0v) is 22.5. The van der Waals surface area contributed by atoms with Crippen molar-refractivity contribution in [3.05, 3.63) is 89.4 Å². The number of amides is 1. The van der Waals surface area contributed by atoms with Crippen molar-refractivity contribution in [3.8, 4) is 17.1 Å². The number of nitrogens with one attached hydrogen (secondary N) is 1. The molecule has 2 heterocycles. The molecule has 0 aliphatic rings. The van der Waals surface area contributed by atoms with Gasteiger partial charge < -0.3 is 4.42 Å². The quantitative estimate of drug-likeness (QED) is 0.167. The lowest BCUT2D eigenvalue weighted by molar-refractivity contribution is -0.118. The van der Waals surface area contributed by atoms with Crippen molar-refractivity contribution < 1.29 is 9.21 Å². The van der Waals surface area contributed by atoms with Gasteiger partial charge in [0.1, 0.15) is 5.76 Å². The summed E-state index contributed by atoms with van der Waals surface area (Å²) in [6.07, 6.45) is 5.03. The van der Waals surface area contributed by atoms with Crippen molar-refractivity contribution in [3.63, 3.8) is 0 Å². The second-order valence-corrected chi connectivity index (χ2v) is 10.7. The third kappa shape index (κ3) is 6.86. The van der Waals surface area contributed by atoms with E-state index < -0.39 is 0 Å². The number of benzene rings is 2. The minimum absolute atomic E-state index is 0.0626. The van der Waals surface area contributed by atoms with Gasteiger partial charge in [-0.2, -0.15) is 5.10 Å². The van der Waals surface area contributed by atoms with Crippen LogP contribution >= 0.6 is 11.8 Å². The number of rotatable bonds is 8. The van der Waals surface area contributed by atoms with Gasteiger partial charge in [-0.3, -0.25) is 9.36 Å². The number of carbonyl (C=O) groups excluding carboxylic acids is 1. The number of hydrogen-bond donors (Lipinski definition) is 1. The van der Waals surface area contributed by atoms with E-state index in [1.54, 1.807) is 12.5 Å².